The summed E-state index contributed by atoms with van der Waals surface area (Å²) < 4.78 is 1.63. The summed E-state index contributed by atoms with van der Waals surface area (Å²) in [5, 5.41) is 17.1. The molecule has 20 heavy (non-hydrogen) atoms. The Labute approximate surface area is 113 Å². The molecule has 0 atom stereocenters. The van der Waals surface area contributed by atoms with Gasteiger partial charge in [-0.1, -0.05) is 11.3 Å². The summed E-state index contributed by atoms with van der Waals surface area (Å²) in [7, 11) is 0. The average Bonchev–Trinajstić information content (AvgIpc) is 2.82. The fourth-order valence-corrected chi connectivity index (χ4v) is 2.03. The van der Waals surface area contributed by atoms with Crippen LogP contribution in [0.2, 0.25) is 0 Å². The predicted octanol–water partition coefficient (Wildman–Crippen LogP) is 1.28. The zero-order valence-corrected chi connectivity index (χ0v) is 10.7. The third-order valence-electron chi connectivity index (χ3n) is 2.92. The Morgan fingerprint density at radius 2 is 2.20 bits per heavy atom. The third kappa shape index (κ3) is 2.09. The van der Waals surface area contributed by atoms with E-state index in [1.54, 1.807) is 29.1 Å². The van der Waals surface area contributed by atoms with Gasteiger partial charge < -0.3 is 5.11 Å². The Morgan fingerprint density at radius 1 is 1.35 bits per heavy atom. The van der Waals surface area contributed by atoms with Gasteiger partial charge in [-0.15, -0.1) is 5.10 Å². The van der Waals surface area contributed by atoms with Gasteiger partial charge in [-0.3, -0.25) is 0 Å². The lowest BCUT2D eigenvalue weighted by Gasteiger charge is -2.02. The Bertz CT molecular complexity index is 796. The Morgan fingerprint density at radius 3 is 2.95 bits per heavy atom. The number of rotatable bonds is 3. The van der Waals surface area contributed by atoms with Crippen molar-refractivity contribution in [3.63, 3.8) is 0 Å². The lowest BCUT2D eigenvalue weighted by atomic mass is 10.2. The average molecular weight is 269 g/mol. The molecule has 0 saturated carbocycles. The van der Waals surface area contributed by atoms with E-state index in [2.05, 4.69) is 20.3 Å². The SMILES string of the molecule is Cc1nccc(Cn2nnc3c(C(=O)O)cccc32)n1. The monoisotopic (exact) mass is 269 g/mol. The second kappa shape index (κ2) is 4.69. The van der Waals surface area contributed by atoms with Gasteiger partial charge in [0.15, 0.2) is 0 Å². The first-order chi connectivity index (χ1) is 9.65. The van der Waals surface area contributed by atoms with Gasteiger partial charge in [0.2, 0.25) is 0 Å². The molecule has 1 N–H and O–H groups in total. The van der Waals surface area contributed by atoms with Gasteiger partial charge in [-0.25, -0.2) is 19.4 Å². The predicted molar refractivity (Wildman–Crippen MR) is 70.4 cm³/mol. The minimum Gasteiger partial charge on any atom is -0.478 e. The summed E-state index contributed by atoms with van der Waals surface area (Å²) in [5.41, 5.74) is 1.99. The molecule has 0 aliphatic carbocycles. The van der Waals surface area contributed by atoms with Gasteiger partial charge in [0.05, 0.1) is 23.3 Å². The van der Waals surface area contributed by atoms with E-state index in [1.807, 2.05) is 6.92 Å². The lowest BCUT2D eigenvalue weighted by Crippen LogP contribution is -2.05. The van der Waals surface area contributed by atoms with E-state index in [9.17, 15) is 4.79 Å². The van der Waals surface area contributed by atoms with Crippen LogP contribution in [0.25, 0.3) is 11.0 Å². The molecule has 0 saturated heterocycles. The Hall–Kier alpha value is -2.83. The summed E-state index contributed by atoms with van der Waals surface area (Å²) >= 11 is 0. The van der Waals surface area contributed by atoms with Crippen molar-refractivity contribution in [2.45, 2.75) is 13.5 Å². The molecular formula is C13H11N5O2. The number of carboxylic acids is 1. The van der Waals surface area contributed by atoms with Crippen LogP contribution in [0.5, 0.6) is 0 Å². The van der Waals surface area contributed by atoms with Crippen molar-refractivity contribution in [2.75, 3.05) is 0 Å². The molecule has 0 aliphatic rings. The fraction of sp³-hybridized carbons (Fsp3) is 0.154. The highest BCUT2D eigenvalue weighted by molar-refractivity contribution is 6.00. The van der Waals surface area contributed by atoms with Crippen LogP contribution in [0.4, 0.5) is 0 Å². The standard InChI is InChI=1S/C13H11N5O2/c1-8-14-6-5-9(15-8)7-18-11-4-2-3-10(13(19)20)12(11)16-17-18/h2-6H,7H2,1H3,(H,19,20). The molecule has 0 aliphatic heterocycles. The molecule has 0 fully saturated rings. The quantitative estimate of drug-likeness (QED) is 0.769. The van der Waals surface area contributed by atoms with Gasteiger partial charge in [0.1, 0.15) is 11.3 Å². The smallest absolute Gasteiger partial charge is 0.338 e. The summed E-state index contributed by atoms with van der Waals surface area (Å²) in [4.78, 5) is 19.5. The largest absolute Gasteiger partial charge is 0.478 e. The van der Waals surface area contributed by atoms with Crippen LogP contribution < -0.4 is 0 Å². The van der Waals surface area contributed by atoms with Crippen LogP contribution in [-0.2, 0) is 6.54 Å². The second-order valence-corrected chi connectivity index (χ2v) is 4.32. The first-order valence-electron chi connectivity index (χ1n) is 5.99. The van der Waals surface area contributed by atoms with Crippen LogP contribution in [0.1, 0.15) is 21.9 Å². The molecule has 3 aromatic rings. The molecule has 7 nitrogen and oxygen atoms in total. The van der Waals surface area contributed by atoms with Gasteiger partial charge in [-0.2, -0.15) is 0 Å². The number of hydrogen-bond donors (Lipinski definition) is 1. The van der Waals surface area contributed by atoms with Crippen molar-refractivity contribution in [3.05, 3.63) is 47.5 Å². The maximum absolute atomic E-state index is 11.1. The summed E-state index contributed by atoms with van der Waals surface area (Å²) in [6.07, 6.45) is 1.68. The topological polar surface area (TPSA) is 93.8 Å². The van der Waals surface area contributed by atoms with Gasteiger partial charge >= 0.3 is 5.97 Å². The molecule has 1 aromatic carbocycles. The second-order valence-electron chi connectivity index (χ2n) is 4.32. The fourth-order valence-electron chi connectivity index (χ4n) is 2.03. The first-order valence-corrected chi connectivity index (χ1v) is 5.99. The van der Waals surface area contributed by atoms with Gasteiger partial charge in [-0.05, 0) is 25.1 Å². The first kappa shape index (κ1) is 12.2. The highest BCUT2D eigenvalue weighted by Crippen LogP contribution is 2.16. The van der Waals surface area contributed by atoms with E-state index in [1.165, 1.54) is 6.07 Å². The van der Waals surface area contributed by atoms with Crippen molar-refractivity contribution >= 4 is 17.0 Å². The van der Waals surface area contributed by atoms with Gasteiger partial charge in [0.25, 0.3) is 0 Å². The van der Waals surface area contributed by atoms with E-state index in [0.29, 0.717) is 23.4 Å². The number of aryl methyl sites for hydroxylation is 1. The number of hydrogen-bond acceptors (Lipinski definition) is 5. The zero-order chi connectivity index (χ0) is 14.1. The van der Waals surface area contributed by atoms with Crippen LogP contribution >= 0.6 is 0 Å². The molecule has 7 heteroatoms. The van der Waals surface area contributed by atoms with Gasteiger partial charge in [0, 0.05) is 6.20 Å². The molecule has 2 aromatic heterocycles. The van der Waals surface area contributed by atoms with E-state index >= 15 is 0 Å². The molecule has 2 heterocycles. The van der Waals surface area contributed by atoms with E-state index < -0.39 is 5.97 Å². The maximum Gasteiger partial charge on any atom is 0.338 e. The molecular weight excluding hydrogens is 258 g/mol. The molecule has 0 spiro atoms. The lowest BCUT2D eigenvalue weighted by molar-refractivity contribution is 0.0699. The number of aromatic nitrogens is 5. The van der Waals surface area contributed by atoms with Crippen LogP contribution in [0.15, 0.2) is 30.5 Å². The highest BCUT2D eigenvalue weighted by atomic mass is 16.4. The molecule has 0 amide bonds. The van der Waals surface area contributed by atoms with E-state index in [4.69, 9.17) is 5.11 Å². The summed E-state index contributed by atoms with van der Waals surface area (Å²) in [6, 6.07) is 6.77. The molecule has 0 radical (unpaired) electrons. The van der Waals surface area contributed by atoms with Crippen LogP contribution in [-0.4, -0.2) is 36.0 Å². The number of carboxylic acid groups (broad SMARTS) is 1. The minimum atomic E-state index is -1.01. The zero-order valence-electron chi connectivity index (χ0n) is 10.7. The van der Waals surface area contributed by atoms with Crippen molar-refractivity contribution in [2.24, 2.45) is 0 Å². The normalized spacial score (nSPS) is 10.8. The van der Waals surface area contributed by atoms with Crippen molar-refractivity contribution in [1.29, 1.82) is 0 Å². The minimum absolute atomic E-state index is 0.146. The number of aromatic carboxylic acids is 1. The molecule has 3 rings (SSSR count). The molecule has 0 unspecified atom stereocenters. The number of fused-ring (bicyclic) bond motifs is 1. The third-order valence-corrected chi connectivity index (χ3v) is 2.92. The van der Waals surface area contributed by atoms with Crippen LogP contribution in [0, 0.1) is 6.92 Å². The number of carbonyl (C=O) groups is 1. The highest BCUT2D eigenvalue weighted by Gasteiger charge is 2.13. The van der Waals surface area contributed by atoms with Crippen molar-refractivity contribution < 1.29 is 9.90 Å². The van der Waals surface area contributed by atoms with E-state index in [-0.39, 0.29) is 5.56 Å². The number of nitrogens with zero attached hydrogens (tertiary/aromatic N) is 5. The van der Waals surface area contributed by atoms with Crippen molar-refractivity contribution in [1.82, 2.24) is 25.0 Å². The molecule has 100 valence electrons. The summed E-state index contributed by atoms with van der Waals surface area (Å²) in [6.45, 7) is 2.23. The Kier molecular flexibility index (Phi) is 2.86. The summed E-state index contributed by atoms with van der Waals surface area (Å²) in [5.74, 6) is -0.335. The molecule has 0 bridgehead atoms. The van der Waals surface area contributed by atoms with Crippen LogP contribution in [0.3, 0.4) is 0 Å². The number of benzene rings is 1. The van der Waals surface area contributed by atoms with Crippen molar-refractivity contribution in [3.8, 4) is 0 Å². The van der Waals surface area contributed by atoms with E-state index in [0.717, 1.165) is 5.69 Å². The maximum atomic E-state index is 11.1. The Balaban J connectivity index is 2.05.